The Morgan fingerprint density at radius 2 is 1.62 bits per heavy atom. The molecule has 3 aromatic rings. The number of nitrogens with two attached hydrogens (primary N) is 1. The number of aryl methyl sites for hydroxylation is 3. The fourth-order valence-electron chi connectivity index (χ4n) is 2.41. The molecule has 0 amide bonds. The monoisotopic (exact) mass is 298 g/mol. The van der Waals surface area contributed by atoms with Crippen molar-refractivity contribution in [1.82, 2.24) is 15.0 Å². The molecule has 0 unspecified atom stereocenters. The third kappa shape index (κ3) is 2.43. The highest BCUT2D eigenvalue weighted by Gasteiger charge is 2.13. The van der Waals surface area contributed by atoms with Crippen molar-refractivity contribution >= 4 is 28.6 Å². The first-order chi connectivity index (χ1) is 9.95. The van der Waals surface area contributed by atoms with Crippen molar-refractivity contribution in [3.8, 4) is 11.3 Å². The van der Waals surface area contributed by atoms with Gasteiger partial charge in [0.05, 0.1) is 5.52 Å². The highest BCUT2D eigenvalue weighted by atomic mass is 35.5. The smallest absolute Gasteiger partial charge is 0.221 e. The van der Waals surface area contributed by atoms with Gasteiger partial charge in [0.15, 0.2) is 0 Å². The maximum absolute atomic E-state index is 6.02. The average Bonchev–Trinajstić information content (AvgIpc) is 2.42. The van der Waals surface area contributed by atoms with Gasteiger partial charge in [0.1, 0.15) is 16.4 Å². The van der Waals surface area contributed by atoms with Crippen molar-refractivity contribution in [2.24, 2.45) is 0 Å². The van der Waals surface area contributed by atoms with E-state index in [-0.39, 0.29) is 5.95 Å². The van der Waals surface area contributed by atoms with Gasteiger partial charge in [-0.1, -0.05) is 17.7 Å². The van der Waals surface area contributed by atoms with Crippen LogP contribution in [0.25, 0.3) is 22.3 Å². The Morgan fingerprint density at radius 3 is 2.38 bits per heavy atom. The minimum atomic E-state index is 0.235. The summed E-state index contributed by atoms with van der Waals surface area (Å²) in [6.45, 7) is 6.22. The van der Waals surface area contributed by atoms with Crippen molar-refractivity contribution in [3.05, 3.63) is 46.1 Å². The van der Waals surface area contributed by atoms with Gasteiger partial charge in [0, 0.05) is 5.56 Å². The number of benzene rings is 1. The highest BCUT2D eigenvalue weighted by Crippen LogP contribution is 2.30. The zero-order valence-electron chi connectivity index (χ0n) is 12.1. The first-order valence-electron chi connectivity index (χ1n) is 6.63. The van der Waals surface area contributed by atoms with Gasteiger partial charge in [-0.3, -0.25) is 0 Å². The first kappa shape index (κ1) is 13.8. The van der Waals surface area contributed by atoms with Crippen molar-refractivity contribution in [3.63, 3.8) is 0 Å². The molecule has 1 aromatic carbocycles. The van der Waals surface area contributed by atoms with E-state index in [4.69, 9.17) is 17.3 Å². The van der Waals surface area contributed by atoms with Gasteiger partial charge in [0.25, 0.3) is 0 Å². The Balaban J connectivity index is 2.39. The zero-order chi connectivity index (χ0) is 15.1. The molecule has 2 aromatic heterocycles. The lowest BCUT2D eigenvalue weighted by atomic mass is 9.98. The number of aromatic nitrogens is 3. The number of halogens is 1. The number of hydrogen-bond donors (Lipinski definition) is 1. The molecule has 0 aliphatic heterocycles. The van der Waals surface area contributed by atoms with Crippen LogP contribution in [-0.4, -0.2) is 15.0 Å². The summed E-state index contributed by atoms with van der Waals surface area (Å²) in [5, 5.41) is 0.415. The Morgan fingerprint density at radius 1 is 0.905 bits per heavy atom. The molecule has 0 radical (unpaired) electrons. The number of rotatable bonds is 1. The lowest BCUT2D eigenvalue weighted by Gasteiger charge is -2.11. The van der Waals surface area contributed by atoms with E-state index in [0.717, 1.165) is 16.8 Å². The first-order valence-corrected chi connectivity index (χ1v) is 7.01. The molecule has 3 rings (SSSR count). The molecule has 0 fully saturated rings. The molecule has 0 spiro atoms. The summed E-state index contributed by atoms with van der Waals surface area (Å²) in [6.07, 6.45) is 0. The van der Waals surface area contributed by atoms with E-state index in [1.54, 1.807) is 6.07 Å². The van der Waals surface area contributed by atoms with Crippen LogP contribution in [0.1, 0.15) is 16.7 Å². The van der Waals surface area contributed by atoms with Crippen molar-refractivity contribution in [2.45, 2.75) is 20.8 Å². The van der Waals surface area contributed by atoms with Crippen LogP contribution in [0.15, 0.2) is 24.3 Å². The summed E-state index contributed by atoms with van der Waals surface area (Å²) in [6, 6.07) is 7.75. The minimum Gasteiger partial charge on any atom is -0.368 e. The molecule has 0 aliphatic rings. The normalized spacial score (nSPS) is 11.0. The Bertz CT molecular complexity index is 859. The van der Waals surface area contributed by atoms with Crippen molar-refractivity contribution in [2.75, 3.05) is 5.73 Å². The van der Waals surface area contributed by atoms with Crippen LogP contribution in [0, 0.1) is 20.8 Å². The predicted octanol–water partition coefficient (Wildman–Crippen LogP) is 3.85. The van der Waals surface area contributed by atoms with E-state index < -0.39 is 0 Å². The van der Waals surface area contributed by atoms with Gasteiger partial charge in [-0.2, -0.15) is 0 Å². The second kappa shape index (κ2) is 4.97. The number of fused-ring (bicyclic) bond motifs is 1. The van der Waals surface area contributed by atoms with Gasteiger partial charge < -0.3 is 5.73 Å². The van der Waals surface area contributed by atoms with Gasteiger partial charge >= 0.3 is 0 Å². The Hall–Kier alpha value is -2.20. The summed E-state index contributed by atoms with van der Waals surface area (Å²) in [4.78, 5) is 13.0. The lowest BCUT2D eigenvalue weighted by molar-refractivity contribution is 1.20. The Kier molecular flexibility index (Phi) is 3.26. The summed E-state index contributed by atoms with van der Waals surface area (Å²) < 4.78 is 0. The van der Waals surface area contributed by atoms with Gasteiger partial charge in [-0.15, -0.1) is 0 Å². The fraction of sp³-hybridized carbons (Fsp3) is 0.188. The molecule has 5 heteroatoms. The van der Waals surface area contributed by atoms with E-state index >= 15 is 0 Å². The molecular weight excluding hydrogens is 284 g/mol. The number of anilines is 1. The van der Waals surface area contributed by atoms with E-state index in [1.807, 2.05) is 6.07 Å². The predicted molar refractivity (Wildman–Crippen MR) is 86.4 cm³/mol. The number of nitrogens with zero attached hydrogens (tertiary/aromatic N) is 3. The highest BCUT2D eigenvalue weighted by molar-refractivity contribution is 6.29. The second-order valence-electron chi connectivity index (χ2n) is 5.18. The fourth-order valence-corrected chi connectivity index (χ4v) is 2.56. The summed E-state index contributed by atoms with van der Waals surface area (Å²) in [5.74, 6) is 0.235. The molecule has 0 saturated carbocycles. The summed E-state index contributed by atoms with van der Waals surface area (Å²) in [7, 11) is 0. The molecule has 0 saturated heterocycles. The summed E-state index contributed by atoms with van der Waals surface area (Å²) >= 11 is 6.02. The van der Waals surface area contributed by atoms with Crippen molar-refractivity contribution < 1.29 is 0 Å². The minimum absolute atomic E-state index is 0.235. The third-order valence-electron chi connectivity index (χ3n) is 3.62. The number of hydrogen-bond acceptors (Lipinski definition) is 4. The zero-order valence-corrected chi connectivity index (χ0v) is 12.9. The van der Waals surface area contributed by atoms with Crippen LogP contribution in [0.4, 0.5) is 5.95 Å². The molecular formula is C16H15ClN4. The molecule has 0 aliphatic carbocycles. The van der Waals surface area contributed by atoms with Crippen LogP contribution in [-0.2, 0) is 0 Å². The quantitative estimate of drug-likeness (QED) is 0.693. The Labute approximate surface area is 128 Å². The molecule has 0 bridgehead atoms. The lowest BCUT2D eigenvalue weighted by Crippen LogP contribution is -2.01. The number of pyridine rings is 1. The molecule has 2 heterocycles. The second-order valence-corrected chi connectivity index (χ2v) is 5.57. The van der Waals surface area contributed by atoms with Crippen LogP contribution < -0.4 is 5.73 Å². The standard InChI is InChI=1S/C16H15ClN4/c1-8-6-10(3)11(7-9(8)2)14-15-12(19-16(18)21-14)4-5-13(17)20-15/h4-7H,1-3H3,(H2,18,19,21). The van der Waals surface area contributed by atoms with Crippen LogP contribution in [0.5, 0.6) is 0 Å². The van der Waals surface area contributed by atoms with Gasteiger partial charge in [-0.05, 0) is 55.7 Å². The van der Waals surface area contributed by atoms with Crippen LogP contribution in [0.3, 0.4) is 0 Å². The topological polar surface area (TPSA) is 64.7 Å². The molecule has 4 nitrogen and oxygen atoms in total. The maximum atomic E-state index is 6.02. The van der Waals surface area contributed by atoms with E-state index in [0.29, 0.717) is 16.2 Å². The van der Waals surface area contributed by atoms with E-state index in [9.17, 15) is 0 Å². The SMILES string of the molecule is Cc1cc(C)c(-c2nc(N)nc3ccc(Cl)nc23)cc1C. The van der Waals surface area contributed by atoms with Gasteiger partial charge in [0.2, 0.25) is 5.95 Å². The molecule has 106 valence electrons. The summed E-state index contributed by atoms with van der Waals surface area (Å²) in [5.41, 5.74) is 12.5. The van der Waals surface area contributed by atoms with E-state index in [1.165, 1.54) is 11.1 Å². The van der Waals surface area contributed by atoms with Crippen LogP contribution >= 0.6 is 11.6 Å². The molecule has 0 atom stereocenters. The van der Waals surface area contributed by atoms with Crippen LogP contribution in [0.2, 0.25) is 5.15 Å². The maximum Gasteiger partial charge on any atom is 0.221 e. The largest absolute Gasteiger partial charge is 0.368 e. The van der Waals surface area contributed by atoms with E-state index in [2.05, 4.69) is 47.9 Å². The molecule has 2 N–H and O–H groups in total. The number of nitrogen functional groups attached to an aromatic ring is 1. The third-order valence-corrected chi connectivity index (χ3v) is 3.83. The average molecular weight is 299 g/mol. The molecule has 21 heavy (non-hydrogen) atoms. The van der Waals surface area contributed by atoms with Crippen molar-refractivity contribution in [1.29, 1.82) is 0 Å². The van der Waals surface area contributed by atoms with Gasteiger partial charge in [-0.25, -0.2) is 15.0 Å².